The van der Waals surface area contributed by atoms with E-state index in [1.165, 1.54) is 6.07 Å². The monoisotopic (exact) mass is 285 g/mol. The van der Waals surface area contributed by atoms with Crippen LogP contribution in [0.4, 0.5) is 11.4 Å². The predicted octanol–water partition coefficient (Wildman–Crippen LogP) is 2.37. The molecule has 1 aromatic rings. The molecule has 0 aromatic heterocycles. The predicted molar refractivity (Wildman–Crippen MR) is 79.1 cm³/mol. The lowest BCUT2D eigenvalue weighted by molar-refractivity contribution is 0.0698. The molecule has 0 bridgehead atoms. The molecule has 1 aromatic carbocycles. The third-order valence-electron chi connectivity index (χ3n) is 2.74. The zero-order valence-corrected chi connectivity index (χ0v) is 12.2. The lowest BCUT2D eigenvalue weighted by Crippen LogP contribution is -2.24. The van der Waals surface area contributed by atoms with Crippen LogP contribution < -0.4 is 11.1 Å². The van der Waals surface area contributed by atoms with Gasteiger partial charge in [0.15, 0.2) is 0 Å². The van der Waals surface area contributed by atoms with Gasteiger partial charge in [0, 0.05) is 11.7 Å². The van der Waals surface area contributed by atoms with Crippen LogP contribution >= 0.6 is 11.6 Å². The molecule has 1 unspecified atom stereocenters. The molecule has 0 aliphatic carbocycles. The smallest absolute Gasteiger partial charge is 0.337 e. The minimum Gasteiger partial charge on any atom is -0.478 e. The minimum absolute atomic E-state index is 0.0988. The molecule has 106 valence electrons. The van der Waals surface area contributed by atoms with Gasteiger partial charge in [-0.1, -0.05) is 11.6 Å². The van der Waals surface area contributed by atoms with Gasteiger partial charge in [-0.25, -0.2) is 4.79 Å². The molecule has 1 rings (SSSR count). The number of carboxylic acids is 1. The average molecular weight is 286 g/mol. The number of hydrogen-bond acceptors (Lipinski definition) is 4. The molecule has 0 fully saturated rings. The van der Waals surface area contributed by atoms with Crippen molar-refractivity contribution in [2.24, 2.45) is 0 Å². The number of nitrogens with zero attached hydrogens (tertiary/aromatic N) is 1. The summed E-state index contributed by atoms with van der Waals surface area (Å²) in [7, 11) is 3.98. The molecule has 0 heterocycles. The highest BCUT2D eigenvalue weighted by atomic mass is 35.5. The van der Waals surface area contributed by atoms with Gasteiger partial charge in [-0.3, -0.25) is 0 Å². The third kappa shape index (κ3) is 4.61. The van der Waals surface area contributed by atoms with E-state index in [4.69, 9.17) is 17.3 Å². The Morgan fingerprint density at radius 1 is 1.53 bits per heavy atom. The lowest BCUT2D eigenvalue weighted by atomic mass is 10.1. The molecule has 1 atom stereocenters. The lowest BCUT2D eigenvalue weighted by Gasteiger charge is -2.20. The van der Waals surface area contributed by atoms with Crippen LogP contribution in [0, 0.1) is 0 Å². The Hall–Kier alpha value is -1.46. The van der Waals surface area contributed by atoms with Crippen molar-refractivity contribution in [1.29, 1.82) is 0 Å². The largest absolute Gasteiger partial charge is 0.478 e. The quantitative estimate of drug-likeness (QED) is 0.700. The van der Waals surface area contributed by atoms with Crippen molar-refractivity contribution in [3.8, 4) is 0 Å². The van der Waals surface area contributed by atoms with Gasteiger partial charge in [-0.2, -0.15) is 0 Å². The van der Waals surface area contributed by atoms with Gasteiger partial charge in [0.05, 0.1) is 16.3 Å². The molecule has 6 heteroatoms. The van der Waals surface area contributed by atoms with Crippen LogP contribution in [0.15, 0.2) is 12.1 Å². The first kappa shape index (κ1) is 15.6. The fourth-order valence-electron chi connectivity index (χ4n) is 1.71. The van der Waals surface area contributed by atoms with Crippen molar-refractivity contribution in [2.75, 3.05) is 31.7 Å². The zero-order chi connectivity index (χ0) is 14.6. The van der Waals surface area contributed by atoms with E-state index in [1.54, 1.807) is 6.07 Å². The molecular weight excluding hydrogens is 266 g/mol. The molecule has 5 nitrogen and oxygen atoms in total. The van der Waals surface area contributed by atoms with Crippen LogP contribution in [0.3, 0.4) is 0 Å². The van der Waals surface area contributed by atoms with E-state index in [9.17, 15) is 9.90 Å². The first-order chi connectivity index (χ1) is 8.81. The number of nitrogens with one attached hydrogen (secondary N) is 1. The molecule has 0 amide bonds. The highest BCUT2D eigenvalue weighted by Gasteiger charge is 2.16. The maximum Gasteiger partial charge on any atom is 0.337 e. The third-order valence-corrected chi connectivity index (χ3v) is 3.04. The number of carboxylic acid groups (broad SMARTS) is 1. The first-order valence-electron chi connectivity index (χ1n) is 6.05. The summed E-state index contributed by atoms with van der Waals surface area (Å²) in [6, 6.07) is 3.08. The summed E-state index contributed by atoms with van der Waals surface area (Å²) in [6.07, 6.45) is 0.882. The number of benzene rings is 1. The number of hydrogen-bond donors (Lipinski definition) is 3. The minimum atomic E-state index is -1.04. The number of rotatable bonds is 6. The van der Waals surface area contributed by atoms with Crippen molar-refractivity contribution >= 4 is 28.9 Å². The van der Waals surface area contributed by atoms with E-state index < -0.39 is 5.97 Å². The summed E-state index contributed by atoms with van der Waals surface area (Å²) in [6.45, 7) is 2.89. The van der Waals surface area contributed by atoms with Gasteiger partial charge >= 0.3 is 5.97 Å². The van der Waals surface area contributed by atoms with Crippen molar-refractivity contribution in [3.05, 3.63) is 22.7 Å². The summed E-state index contributed by atoms with van der Waals surface area (Å²) < 4.78 is 0. The molecule has 4 N–H and O–H groups in total. The summed E-state index contributed by atoms with van der Waals surface area (Å²) in [5.74, 6) is -1.04. The van der Waals surface area contributed by atoms with Gasteiger partial charge in [0.2, 0.25) is 0 Å². The Morgan fingerprint density at radius 2 is 2.16 bits per heavy atom. The van der Waals surface area contributed by atoms with E-state index in [1.807, 2.05) is 21.0 Å². The summed E-state index contributed by atoms with van der Waals surface area (Å²) >= 11 is 6.07. The highest BCUT2D eigenvalue weighted by Crippen LogP contribution is 2.30. The Labute approximate surface area is 118 Å². The first-order valence-corrected chi connectivity index (χ1v) is 6.42. The van der Waals surface area contributed by atoms with Crippen molar-refractivity contribution in [1.82, 2.24) is 4.90 Å². The van der Waals surface area contributed by atoms with Gasteiger partial charge < -0.3 is 21.1 Å². The normalized spacial score (nSPS) is 12.5. The number of nitrogen functional groups attached to an aromatic ring is 1. The fraction of sp³-hybridized carbons (Fsp3) is 0.462. The molecule has 0 saturated carbocycles. The van der Waals surface area contributed by atoms with Crippen molar-refractivity contribution in [2.45, 2.75) is 19.4 Å². The summed E-state index contributed by atoms with van der Waals surface area (Å²) in [4.78, 5) is 13.3. The van der Waals surface area contributed by atoms with Crippen molar-refractivity contribution < 1.29 is 9.90 Å². The molecular formula is C13H20ClN3O2. The Kier molecular flexibility index (Phi) is 5.44. The number of aromatic carboxylic acids is 1. The van der Waals surface area contributed by atoms with Crippen molar-refractivity contribution in [3.63, 3.8) is 0 Å². The van der Waals surface area contributed by atoms with E-state index in [-0.39, 0.29) is 11.6 Å². The number of anilines is 2. The van der Waals surface area contributed by atoms with Crippen LogP contribution in [0.5, 0.6) is 0 Å². The zero-order valence-electron chi connectivity index (χ0n) is 11.4. The van der Waals surface area contributed by atoms with Crippen LogP contribution in [-0.4, -0.2) is 42.7 Å². The molecule has 0 saturated heterocycles. The van der Waals surface area contributed by atoms with Crippen LogP contribution in [0.1, 0.15) is 23.7 Å². The maximum absolute atomic E-state index is 11.2. The Morgan fingerprint density at radius 3 is 2.68 bits per heavy atom. The summed E-state index contributed by atoms with van der Waals surface area (Å²) in [5, 5.41) is 12.7. The number of halogens is 1. The van der Waals surface area contributed by atoms with E-state index >= 15 is 0 Å². The van der Waals surface area contributed by atoms with Crippen LogP contribution in [-0.2, 0) is 0 Å². The molecule has 19 heavy (non-hydrogen) atoms. The second-order valence-corrected chi connectivity index (χ2v) is 5.27. The van der Waals surface area contributed by atoms with Crippen LogP contribution in [0.25, 0.3) is 0 Å². The molecule has 0 aliphatic rings. The van der Waals surface area contributed by atoms with Crippen LogP contribution in [0.2, 0.25) is 5.02 Å². The second kappa shape index (κ2) is 6.63. The Balaban J connectivity index is 2.90. The van der Waals surface area contributed by atoms with E-state index in [0.29, 0.717) is 16.4 Å². The van der Waals surface area contributed by atoms with E-state index in [0.717, 1.165) is 13.0 Å². The average Bonchev–Trinajstić information content (AvgIpc) is 2.29. The standard InChI is InChI=1S/C13H20ClN3O2/c1-8(4-5-17(2)3)16-12-10(13(18)19)6-9(15)7-11(12)14/h6-8,16H,4-5,15H2,1-3H3,(H,18,19). The highest BCUT2D eigenvalue weighted by molar-refractivity contribution is 6.34. The van der Waals surface area contributed by atoms with Gasteiger partial charge in [0.25, 0.3) is 0 Å². The fourth-order valence-corrected chi connectivity index (χ4v) is 2.00. The molecule has 0 spiro atoms. The summed E-state index contributed by atoms with van der Waals surface area (Å²) in [5.41, 5.74) is 6.48. The van der Waals surface area contributed by atoms with E-state index in [2.05, 4.69) is 10.2 Å². The van der Waals surface area contributed by atoms with Gasteiger partial charge in [-0.05, 0) is 46.1 Å². The van der Waals surface area contributed by atoms with Gasteiger partial charge in [0.1, 0.15) is 0 Å². The number of carbonyl (C=O) groups is 1. The number of nitrogens with two attached hydrogens (primary N) is 1. The topological polar surface area (TPSA) is 78.6 Å². The Bertz CT molecular complexity index is 463. The maximum atomic E-state index is 11.2. The molecule has 0 aliphatic heterocycles. The molecule has 0 radical (unpaired) electrons. The van der Waals surface area contributed by atoms with Gasteiger partial charge in [-0.15, -0.1) is 0 Å². The second-order valence-electron chi connectivity index (χ2n) is 4.87. The SMILES string of the molecule is CC(CCN(C)C)Nc1c(Cl)cc(N)cc1C(=O)O.